The highest BCUT2D eigenvalue weighted by Gasteiger charge is 2.29. The second kappa shape index (κ2) is 2.93. The summed E-state index contributed by atoms with van der Waals surface area (Å²) in [6, 6.07) is 0. The summed E-state index contributed by atoms with van der Waals surface area (Å²) in [6.45, 7) is 0.409. The summed E-state index contributed by atoms with van der Waals surface area (Å²) in [5, 5.41) is 9.14. The van der Waals surface area contributed by atoms with Gasteiger partial charge in [-0.3, -0.25) is 0 Å². The SMILES string of the molecule is NCC1O[C@@H](P)C[C@H]1O. The molecule has 0 aromatic heterocycles. The number of aliphatic hydroxyl groups excluding tert-OH is 1. The van der Waals surface area contributed by atoms with Gasteiger partial charge in [-0.05, 0) is 0 Å². The van der Waals surface area contributed by atoms with Gasteiger partial charge in [0.1, 0.15) is 0 Å². The first-order valence-electron chi connectivity index (χ1n) is 3.03. The molecule has 9 heavy (non-hydrogen) atoms. The molecule has 54 valence electrons. The fourth-order valence-electron chi connectivity index (χ4n) is 0.973. The van der Waals surface area contributed by atoms with Crippen LogP contribution in [0.5, 0.6) is 0 Å². The van der Waals surface area contributed by atoms with Crippen LogP contribution in [0.3, 0.4) is 0 Å². The van der Waals surface area contributed by atoms with Crippen LogP contribution in [0.4, 0.5) is 0 Å². The zero-order valence-corrected chi connectivity index (χ0v) is 6.31. The average Bonchev–Trinajstić information content (AvgIpc) is 2.10. The number of rotatable bonds is 1. The van der Waals surface area contributed by atoms with Crippen molar-refractivity contribution in [3.63, 3.8) is 0 Å². The first-order valence-corrected chi connectivity index (χ1v) is 3.70. The van der Waals surface area contributed by atoms with Crippen LogP contribution in [0.15, 0.2) is 0 Å². The minimum Gasteiger partial charge on any atom is -0.390 e. The molecule has 0 saturated carbocycles. The quantitative estimate of drug-likeness (QED) is 0.484. The highest BCUT2D eigenvalue weighted by Crippen LogP contribution is 2.23. The van der Waals surface area contributed by atoms with E-state index in [2.05, 4.69) is 9.24 Å². The average molecular weight is 149 g/mol. The maximum atomic E-state index is 9.14. The molecular weight excluding hydrogens is 137 g/mol. The summed E-state index contributed by atoms with van der Waals surface area (Å²) in [5.74, 6) is 0.0912. The van der Waals surface area contributed by atoms with Crippen molar-refractivity contribution in [2.75, 3.05) is 6.54 Å². The van der Waals surface area contributed by atoms with Crippen LogP contribution in [0, 0.1) is 0 Å². The fraction of sp³-hybridized carbons (Fsp3) is 1.00. The summed E-state index contributed by atoms with van der Waals surface area (Å²) in [5.41, 5.74) is 5.29. The second-order valence-corrected chi connectivity index (χ2v) is 3.00. The highest BCUT2D eigenvalue weighted by molar-refractivity contribution is 7.17. The van der Waals surface area contributed by atoms with E-state index in [-0.39, 0.29) is 18.1 Å². The number of hydrogen-bond donors (Lipinski definition) is 2. The Morgan fingerprint density at radius 3 is 2.67 bits per heavy atom. The zero-order valence-electron chi connectivity index (χ0n) is 5.16. The lowest BCUT2D eigenvalue weighted by Crippen LogP contribution is -2.29. The van der Waals surface area contributed by atoms with Gasteiger partial charge in [-0.1, -0.05) is 0 Å². The number of hydrogen-bond acceptors (Lipinski definition) is 3. The Kier molecular flexibility index (Phi) is 2.42. The van der Waals surface area contributed by atoms with Gasteiger partial charge in [0.15, 0.2) is 0 Å². The van der Waals surface area contributed by atoms with Crippen LogP contribution in [0.1, 0.15) is 6.42 Å². The van der Waals surface area contributed by atoms with Crippen molar-refractivity contribution in [3.05, 3.63) is 0 Å². The van der Waals surface area contributed by atoms with E-state index in [1.807, 2.05) is 0 Å². The van der Waals surface area contributed by atoms with E-state index in [1.54, 1.807) is 0 Å². The molecule has 3 N–H and O–H groups in total. The predicted octanol–water partition coefficient (Wildman–Crippen LogP) is -0.704. The van der Waals surface area contributed by atoms with Gasteiger partial charge in [0, 0.05) is 13.0 Å². The molecule has 1 fully saturated rings. The van der Waals surface area contributed by atoms with Crippen molar-refractivity contribution in [1.82, 2.24) is 0 Å². The smallest absolute Gasteiger partial charge is 0.0965 e. The molecule has 0 aromatic carbocycles. The minimum atomic E-state index is -0.363. The molecule has 0 aromatic rings. The summed E-state index contributed by atoms with van der Waals surface area (Å²) in [4.78, 5) is 0. The van der Waals surface area contributed by atoms with Crippen LogP contribution in [0.2, 0.25) is 0 Å². The molecule has 1 aliphatic rings. The lowest BCUT2D eigenvalue weighted by molar-refractivity contribution is 0.0406. The first kappa shape index (κ1) is 7.42. The highest BCUT2D eigenvalue weighted by atomic mass is 31.0. The van der Waals surface area contributed by atoms with Crippen molar-refractivity contribution in [2.45, 2.75) is 24.5 Å². The normalized spacial score (nSPS) is 43.7. The lowest BCUT2D eigenvalue weighted by Gasteiger charge is -2.09. The van der Waals surface area contributed by atoms with Gasteiger partial charge in [-0.25, -0.2) is 0 Å². The first-order chi connectivity index (χ1) is 4.24. The molecule has 4 atom stereocenters. The van der Waals surface area contributed by atoms with Crippen molar-refractivity contribution in [1.29, 1.82) is 0 Å². The molecule has 3 nitrogen and oxygen atoms in total. The Morgan fingerprint density at radius 1 is 1.78 bits per heavy atom. The van der Waals surface area contributed by atoms with E-state index >= 15 is 0 Å². The molecule has 0 radical (unpaired) electrons. The standard InChI is InChI=1S/C5H12NO2P/c6-2-4-3(7)1-5(9)8-4/h3-5,7H,1-2,6,9H2/t3-,4?,5+/m1/s1. The Hall–Kier alpha value is 0.310. The second-order valence-electron chi connectivity index (χ2n) is 2.25. The van der Waals surface area contributed by atoms with Gasteiger partial charge < -0.3 is 15.6 Å². The molecular formula is C5H12NO2P. The fourth-order valence-corrected chi connectivity index (χ4v) is 1.45. The van der Waals surface area contributed by atoms with Gasteiger partial charge in [0.25, 0.3) is 0 Å². The molecule has 0 aliphatic carbocycles. The molecule has 1 aliphatic heterocycles. The van der Waals surface area contributed by atoms with E-state index in [0.29, 0.717) is 13.0 Å². The van der Waals surface area contributed by atoms with Crippen LogP contribution < -0.4 is 5.73 Å². The van der Waals surface area contributed by atoms with Gasteiger partial charge in [0.2, 0.25) is 0 Å². The molecule has 2 unspecified atom stereocenters. The van der Waals surface area contributed by atoms with E-state index in [1.165, 1.54) is 0 Å². The molecule has 0 amide bonds. The maximum absolute atomic E-state index is 9.14. The molecule has 1 rings (SSSR count). The Bertz CT molecular complexity index is 101. The number of nitrogens with two attached hydrogens (primary N) is 1. The van der Waals surface area contributed by atoms with Gasteiger partial charge in [0.05, 0.1) is 18.1 Å². The Morgan fingerprint density at radius 2 is 2.44 bits per heavy atom. The monoisotopic (exact) mass is 149 g/mol. The molecule has 4 heteroatoms. The molecule has 0 bridgehead atoms. The number of aliphatic hydroxyl groups is 1. The van der Waals surface area contributed by atoms with Crippen molar-refractivity contribution >= 4 is 9.24 Å². The Labute approximate surface area is 56.8 Å². The van der Waals surface area contributed by atoms with Gasteiger partial charge in [-0.2, -0.15) is 0 Å². The lowest BCUT2D eigenvalue weighted by atomic mass is 10.2. The van der Waals surface area contributed by atoms with Crippen molar-refractivity contribution in [3.8, 4) is 0 Å². The van der Waals surface area contributed by atoms with Gasteiger partial charge >= 0.3 is 0 Å². The summed E-state index contributed by atoms with van der Waals surface area (Å²) in [7, 11) is 2.51. The topological polar surface area (TPSA) is 55.5 Å². The third-order valence-corrected chi connectivity index (χ3v) is 1.91. The van der Waals surface area contributed by atoms with E-state index < -0.39 is 0 Å². The summed E-state index contributed by atoms with van der Waals surface area (Å²) in [6.07, 6.45) is 0.178. The van der Waals surface area contributed by atoms with Crippen LogP contribution in [-0.4, -0.2) is 29.7 Å². The van der Waals surface area contributed by atoms with Crippen molar-refractivity contribution in [2.24, 2.45) is 5.73 Å². The third kappa shape index (κ3) is 1.62. The Balaban J connectivity index is 2.38. The largest absolute Gasteiger partial charge is 0.390 e. The minimum absolute atomic E-state index is 0.0912. The van der Waals surface area contributed by atoms with Crippen LogP contribution in [0.25, 0.3) is 0 Å². The molecule has 1 heterocycles. The molecule has 1 saturated heterocycles. The number of ether oxygens (including phenoxy) is 1. The van der Waals surface area contributed by atoms with Gasteiger partial charge in [-0.15, -0.1) is 9.24 Å². The predicted molar refractivity (Wildman–Crippen MR) is 38.0 cm³/mol. The van der Waals surface area contributed by atoms with E-state index in [0.717, 1.165) is 0 Å². The third-order valence-electron chi connectivity index (χ3n) is 1.48. The van der Waals surface area contributed by atoms with Crippen molar-refractivity contribution < 1.29 is 9.84 Å². The van der Waals surface area contributed by atoms with Crippen LogP contribution >= 0.6 is 9.24 Å². The molecule has 0 spiro atoms. The zero-order chi connectivity index (χ0) is 6.85. The summed E-state index contributed by atoms with van der Waals surface area (Å²) >= 11 is 0. The summed E-state index contributed by atoms with van der Waals surface area (Å²) < 4.78 is 5.21. The van der Waals surface area contributed by atoms with Crippen LogP contribution in [-0.2, 0) is 4.74 Å². The van der Waals surface area contributed by atoms with E-state index in [9.17, 15) is 0 Å². The van der Waals surface area contributed by atoms with E-state index in [4.69, 9.17) is 15.6 Å². The maximum Gasteiger partial charge on any atom is 0.0965 e.